The molecule has 0 aromatic carbocycles. The van der Waals surface area contributed by atoms with E-state index >= 15 is 0 Å². The first-order valence-electron chi connectivity index (χ1n) is 12.9. The van der Waals surface area contributed by atoms with Crippen LogP contribution in [0.15, 0.2) is 19.0 Å². The Morgan fingerprint density at radius 1 is 0.818 bits per heavy atom. The Balaban J connectivity index is 1.18. The standard InChI is InChI=1S/C20H25N11O9P2S2/c21-15-11-17(25-4-24-15)31(6-27-11)19-14-13(32)9(38-19)3-36-41(33,43)39-7-1-10(37-8(7)2-35-42(34,44)40-14)30-5-26-12-16(22)28-20(23)29-18(12)30/h4-10,13-14,19,32H,1-3H2,(H,33,43)(H,34,44)(H2,21,24,25)(H4,22,23,28,29)/t7-,8+,9+,10+,13+,14+,19+,41?,42?/m0/s1. The highest BCUT2D eigenvalue weighted by Gasteiger charge is 2.51. The summed E-state index contributed by atoms with van der Waals surface area (Å²) in [6.07, 6.45) is -3.78. The van der Waals surface area contributed by atoms with Crippen molar-refractivity contribution < 1.29 is 41.8 Å². The van der Waals surface area contributed by atoms with E-state index in [0.29, 0.717) is 5.52 Å². The Morgan fingerprint density at radius 3 is 2.27 bits per heavy atom. The maximum Gasteiger partial charge on any atom is 0.386 e. The molecule has 2 bridgehead atoms. The van der Waals surface area contributed by atoms with E-state index in [1.165, 1.54) is 23.5 Å². The van der Waals surface area contributed by atoms with Gasteiger partial charge >= 0.3 is 13.6 Å². The maximum atomic E-state index is 13.5. The van der Waals surface area contributed by atoms with Crippen molar-refractivity contribution in [3.05, 3.63) is 19.0 Å². The van der Waals surface area contributed by atoms with Crippen LogP contribution in [0.5, 0.6) is 0 Å². The minimum Gasteiger partial charge on any atom is -0.387 e. The van der Waals surface area contributed by atoms with E-state index in [-0.39, 0.29) is 40.8 Å². The second-order valence-corrected chi connectivity index (χ2v) is 15.8. The van der Waals surface area contributed by atoms with Crippen molar-refractivity contribution >= 4 is 78.0 Å². The van der Waals surface area contributed by atoms with E-state index in [1.807, 2.05) is 0 Å². The van der Waals surface area contributed by atoms with Crippen molar-refractivity contribution in [1.29, 1.82) is 0 Å². The Labute approximate surface area is 257 Å². The summed E-state index contributed by atoms with van der Waals surface area (Å²) >= 11 is 8.28. The second kappa shape index (κ2) is 11.0. The van der Waals surface area contributed by atoms with Gasteiger partial charge in [0.25, 0.3) is 0 Å². The largest absolute Gasteiger partial charge is 0.387 e. The predicted octanol–water partition coefficient (Wildman–Crippen LogP) is 0.852. The summed E-state index contributed by atoms with van der Waals surface area (Å²) < 4.78 is 64.7. The summed E-state index contributed by atoms with van der Waals surface area (Å²) in [5.41, 5.74) is 18.7. The molecule has 4 aromatic heterocycles. The van der Waals surface area contributed by atoms with Crippen LogP contribution in [0.3, 0.4) is 0 Å². The van der Waals surface area contributed by atoms with E-state index in [4.69, 9.17) is 44.8 Å². The number of fused-ring (bicyclic) bond motifs is 5. The molecule has 2 unspecified atom stereocenters. The Kier molecular flexibility index (Phi) is 7.53. The number of hydrogen-bond acceptors (Lipinski definition) is 18. The van der Waals surface area contributed by atoms with Crippen LogP contribution >= 0.6 is 38.1 Å². The number of anilines is 3. The van der Waals surface area contributed by atoms with Gasteiger partial charge in [0.2, 0.25) is 5.95 Å². The van der Waals surface area contributed by atoms with Gasteiger partial charge in [-0.25, -0.2) is 29.1 Å². The van der Waals surface area contributed by atoms with Gasteiger partial charge < -0.3 is 31.8 Å². The monoisotopic (exact) mass is 689 g/mol. The first-order chi connectivity index (χ1) is 20.9. The van der Waals surface area contributed by atoms with Crippen LogP contribution < -0.4 is 17.2 Å². The quantitative estimate of drug-likeness (QED) is 0.126. The van der Waals surface area contributed by atoms with Gasteiger partial charge in [0.15, 0.2) is 29.2 Å². The maximum absolute atomic E-state index is 13.5. The zero-order valence-electron chi connectivity index (χ0n) is 22.2. The fraction of sp³-hybridized carbons (Fsp3) is 0.500. The molecule has 7 N–H and O–H groups in total. The molecule has 3 aliphatic heterocycles. The Hall–Kier alpha value is -2.62. The molecule has 0 spiro atoms. The first-order valence-corrected chi connectivity index (χ1v) is 18.3. The molecule has 0 radical (unpaired) electrons. The molecule has 44 heavy (non-hydrogen) atoms. The van der Waals surface area contributed by atoms with Gasteiger partial charge in [0.1, 0.15) is 54.1 Å². The summed E-state index contributed by atoms with van der Waals surface area (Å²) in [4.78, 5) is 24.6. The van der Waals surface area contributed by atoms with Gasteiger partial charge in [-0.2, -0.15) is 9.97 Å². The lowest BCUT2D eigenvalue weighted by atomic mass is 10.1. The highest BCUT2D eigenvalue weighted by Crippen LogP contribution is 2.60. The van der Waals surface area contributed by atoms with Crippen molar-refractivity contribution in [2.45, 2.75) is 49.4 Å². The Bertz CT molecular complexity index is 1850. The van der Waals surface area contributed by atoms with Crippen molar-refractivity contribution in [2.24, 2.45) is 0 Å². The van der Waals surface area contributed by atoms with E-state index in [0.717, 1.165) is 0 Å². The van der Waals surface area contributed by atoms with Crippen LogP contribution in [0.2, 0.25) is 0 Å². The molecule has 236 valence electrons. The molecule has 3 saturated heterocycles. The third-order valence-corrected chi connectivity index (χ3v) is 10.5. The molecule has 9 atom stereocenters. The number of nitrogens with zero attached hydrogens (tertiary/aromatic N) is 8. The normalized spacial score (nSPS) is 36.6. The number of aliphatic hydroxyl groups is 1. The number of rotatable bonds is 2. The molecule has 0 aliphatic carbocycles. The number of hydrogen-bond donors (Lipinski definition) is 6. The third kappa shape index (κ3) is 5.43. The molecule has 0 saturated carbocycles. The van der Waals surface area contributed by atoms with Crippen LogP contribution in [-0.2, 0) is 36.7 Å². The number of nitrogen functional groups attached to an aromatic ring is 3. The van der Waals surface area contributed by atoms with Crippen molar-refractivity contribution in [1.82, 2.24) is 39.0 Å². The zero-order valence-corrected chi connectivity index (χ0v) is 25.8. The Morgan fingerprint density at radius 2 is 1.50 bits per heavy atom. The average Bonchev–Trinajstić information content (AvgIpc) is 3.72. The van der Waals surface area contributed by atoms with Gasteiger partial charge in [-0.05, 0) is 0 Å². The summed E-state index contributed by atoms with van der Waals surface area (Å²) in [5.74, 6) is 0.107. The van der Waals surface area contributed by atoms with Crippen molar-refractivity contribution in [3.63, 3.8) is 0 Å². The SMILES string of the molecule is Nc1nc(N)c2ncn([C@H]3C[C@@H]4OP(=O)(S)OC[C@H]5O[C@@H](n6cnc7c(N)ncnc76)[C@H](OP(=O)(S)OC[C@H]4O3)[C@@H]5O)c2n1. The molecule has 4 aromatic rings. The fourth-order valence-corrected chi connectivity index (χ4v) is 8.25. The summed E-state index contributed by atoms with van der Waals surface area (Å²) in [6, 6.07) is 0. The summed E-state index contributed by atoms with van der Waals surface area (Å²) in [5, 5.41) is 11.1. The molecule has 20 nitrogen and oxygen atoms in total. The van der Waals surface area contributed by atoms with Gasteiger partial charge in [-0.15, -0.1) is 0 Å². The first kappa shape index (κ1) is 30.1. The molecule has 7 rings (SSSR count). The number of nitrogens with two attached hydrogens (primary N) is 3. The number of aliphatic hydroxyl groups excluding tert-OH is 1. The van der Waals surface area contributed by atoms with Crippen LogP contribution in [0.25, 0.3) is 22.3 Å². The van der Waals surface area contributed by atoms with Gasteiger partial charge in [-0.1, -0.05) is 24.5 Å². The lowest BCUT2D eigenvalue weighted by Gasteiger charge is -2.26. The third-order valence-electron chi connectivity index (χ3n) is 7.26. The number of imidazole rings is 2. The van der Waals surface area contributed by atoms with E-state index in [9.17, 15) is 14.2 Å². The molecule has 3 fully saturated rings. The van der Waals surface area contributed by atoms with Crippen LogP contribution in [0.4, 0.5) is 17.6 Å². The van der Waals surface area contributed by atoms with Crippen molar-refractivity contribution in [3.8, 4) is 0 Å². The lowest BCUT2D eigenvalue weighted by molar-refractivity contribution is -0.0565. The van der Waals surface area contributed by atoms with Gasteiger partial charge in [0.05, 0.1) is 25.9 Å². The van der Waals surface area contributed by atoms with Gasteiger partial charge in [0, 0.05) is 6.42 Å². The molecular formula is C20H25N11O9P2S2. The molecule has 7 heterocycles. The minimum atomic E-state index is -4.23. The summed E-state index contributed by atoms with van der Waals surface area (Å²) in [7, 11) is 0. The van der Waals surface area contributed by atoms with E-state index in [1.54, 1.807) is 4.57 Å². The summed E-state index contributed by atoms with van der Waals surface area (Å²) in [6.45, 7) is -9.21. The van der Waals surface area contributed by atoms with Crippen LogP contribution in [0, 0.1) is 0 Å². The number of aromatic nitrogens is 8. The minimum absolute atomic E-state index is 0.0738. The smallest absolute Gasteiger partial charge is 0.386 e. The molecule has 3 aliphatic rings. The number of thiol groups is 2. The second-order valence-electron chi connectivity index (χ2n) is 10.0. The van der Waals surface area contributed by atoms with E-state index < -0.39 is 69.8 Å². The highest BCUT2D eigenvalue weighted by atomic mass is 32.7. The predicted molar refractivity (Wildman–Crippen MR) is 157 cm³/mol. The fourth-order valence-electron chi connectivity index (χ4n) is 5.27. The molecule has 24 heteroatoms. The van der Waals surface area contributed by atoms with Crippen LogP contribution in [0.1, 0.15) is 18.9 Å². The highest BCUT2D eigenvalue weighted by molar-refractivity contribution is 8.44. The number of ether oxygens (including phenoxy) is 2. The topological polar surface area (TPSA) is 275 Å². The zero-order chi connectivity index (χ0) is 31.0. The van der Waals surface area contributed by atoms with Crippen molar-refractivity contribution in [2.75, 3.05) is 30.4 Å². The molecular weight excluding hydrogens is 664 g/mol. The molecule has 0 amide bonds. The lowest BCUT2D eigenvalue weighted by Crippen LogP contribution is -2.35. The average molecular weight is 690 g/mol. The van der Waals surface area contributed by atoms with Gasteiger partial charge in [-0.3, -0.25) is 27.2 Å². The van der Waals surface area contributed by atoms with Crippen LogP contribution in [-0.4, -0.2) is 87.9 Å². The van der Waals surface area contributed by atoms with E-state index in [2.05, 4.69) is 54.4 Å².